The third kappa shape index (κ3) is 4.09. The van der Waals surface area contributed by atoms with E-state index in [9.17, 15) is 27.1 Å². The molecule has 1 unspecified atom stereocenters. The van der Waals surface area contributed by atoms with Crippen molar-refractivity contribution in [3.05, 3.63) is 77.6 Å². The zero-order valence-corrected chi connectivity index (χ0v) is 17.6. The predicted octanol–water partition coefficient (Wildman–Crippen LogP) is 2.33. The summed E-state index contributed by atoms with van der Waals surface area (Å²) in [5.74, 6) is -3.20. The molecule has 168 valence electrons. The van der Waals surface area contributed by atoms with Crippen molar-refractivity contribution < 1.29 is 31.8 Å². The molecule has 0 spiro atoms. The highest BCUT2D eigenvalue weighted by Crippen LogP contribution is 2.34. The van der Waals surface area contributed by atoms with Gasteiger partial charge in [-0.1, -0.05) is 30.3 Å². The first-order chi connectivity index (χ1) is 15.2. The SMILES string of the molecule is Cn1cc2c(c1C(=O)Nc1ccc(F)c(F)c1)OC[C@@H](C(O)c1ccccc1)NS2(=O)=O. The van der Waals surface area contributed by atoms with Crippen molar-refractivity contribution in [2.45, 2.75) is 17.0 Å². The monoisotopic (exact) mass is 463 g/mol. The number of hydrogen-bond donors (Lipinski definition) is 3. The number of carbonyl (C=O) groups is 1. The number of aliphatic hydroxyl groups is 1. The van der Waals surface area contributed by atoms with Gasteiger partial charge in [-0.3, -0.25) is 4.79 Å². The summed E-state index contributed by atoms with van der Waals surface area (Å²) in [6.07, 6.45) is 0.0120. The molecule has 0 saturated carbocycles. The van der Waals surface area contributed by atoms with Crippen LogP contribution >= 0.6 is 0 Å². The first-order valence-electron chi connectivity index (χ1n) is 9.51. The number of aliphatic hydroxyl groups excluding tert-OH is 1. The van der Waals surface area contributed by atoms with E-state index < -0.39 is 39.7 Å². The number of carbonyl (C=O) groups excluding carboxylic acids is 1. The van der Waals surface area contributed by atoms with E-state index in [2.05, 4.69) is 10.0 Å². The summed E-state index contributed by atoms with van der Waals surface area (Å²) in [4.78, 5) is 12.6. The standard InChI is InChI=1S/C21H19F2N3O5S/c1-26-10-17-20(18(26)21(28)24-13-7-8-14(22)15(23)9-13)31-11-16(25-32(17,29)30)19(27)12-5-3-2-4-6-12/h2-10,16,19,25,27H,11H2,1H3,(H,24,28)/t16-,19?/m0/s1. The fourth-order valence-corrected chi connectivity index (χ4v) is 4.86. The number of ether oxygens (including phenoxy) is 1. The fraction of sp³-hybridized carbons (Fsp3) is 0.190. The molecule has 1 aliphatic heterocycles. The lowest BCUT2D eigenvalue weighted by molar-refractivity contribution is 0.0996. The van der Waals surface area contributed by atoms with Crippen LogP contribution in [0.15, 0.2) is 59.6 Å². The number of nitrogens with zero attached hydrogens (tertiary/aromatic N) is 1. The van der Waals surface area contributed by atoms with E-state index in [1.807, 2.05) is 0 Å². The number of halogens is 2. The molecule has 0 radical (unpaired) electrons. The number of nitrogens with one attached hydrogen (secondary N) is 2. The van der Waals surface area contributed by atoms with Gasteiger partial charge in [0.1, 0.15) is 11.5 Å². The second kappa shape index (κ2) is 8.34. The van der Waals surface area contributed by atoms with Gasteiger partial charge in [-0.15, -0.1) is 0 Å². The Labute approximate surface area is 182 Å². The Hall–Kier alpha value is -3.28. The second-order valence-electron chi connectivity index (χ2n) is 7.26. The number of fused-ring (bicyclic) bond motifs is 1. The van der Waals surface area contributed by atoms with Gasteiger partial charge in [0.15, 0.2) is 23.1 Å². The topological polar surface area (TPSA) is 110 Å². The second-order valence-corrected chi connectivity index (χ2v) is 8.94. The van der Waals surface area contributed by atoms with E-state index in [0.717, 1.165) is 12.1 Å². The fourth-order valence-electron chi connectivity index (χ4n) is 3.44. The highest BCUT2D eigenvalue weighted by Gasteiger charge is 2.37. The number of amides is 1. The molecule has 32 heavy (non-hydrogen) atoms. The van der Waals surface area contributed by atoms with E-state index in [4.69, 9.17) is 4.74 Å². The Morgan fingerprint density at radius 2 is 1.94 bits per heavy atom. The van der Waals surface area contributed by atoms with Crippen LogP contribution in [0.3, 0.4) is 0 Å². The van der Waals surface area contributed by atoms with E-state index >= 15 is 0 Å². The molecule has 1 amide bonds. The first-order valence-corrected chi connectivity index (χ1v) is 11.0. The van der Waals surface area contributed by atoms with E-state index in [0.29, 0.717) is 5.56 Å². The average Bonchev–Trinajstić information content (AvgIpc) is 3.04. The number of sulfonamides is 1. The molecule has 8 nitrogen and oxygen atoms in total. The molecular formula is C21H19F2N3O5S. The Kier molecular flexibility index (Phi) is 5.71. The van der Waals surface area contributed by atoms with Crippen molar-refractivity contribution in [1.29, 1.82) is 0 Å². The van der Waals surface area contributed by atoms with Gasteiger partial charge in [0.25, 0.3) is 5.91 Å². The molecule has 1 aromatic heterocycles. The van der Waals surface area contributed by atoms with Crippen LogP contribution in [0.25, 0.3) is 0 Å². The third-order valence-electron chi connectivity index (χ3n) is 5.02. The molecule has 1 aliphatic rings. The lowest BCUT2D eigenvalue weighted by atomic mass is 10.0. The van der Waals surface area contributed by atoms with Gasteiger partial charge in [0.05, 0.1) is 12.1 Å². The molecule has 0 aliphatic carbocycles. The molecule has 0 bridgehead atoms. The minimum Gasteiger partial charge on any atom is -0.488 e. The molecule has 2 aromatic carbocycles. The van der Waals surface area contributed by atoms with Crippen molar-refractivity contribution in [3.63, 3.8) is 0 Å². The zero-order valence-electron chi connectivity index (χ0n) is 16.7. The minimum atomic E-state index is -4.15. The van der Waals surface area contributed by atoms with Crippen LogP contribution < -0.4 is 14.8 Å². The third-order valence-corrected chi connectivity index (χ3v) is 6.50. The van der Waals surface area contributed by atoms with Crippen LogP contribution in [0, 0.1) is 11.6 Å². The van der Waals surface area contributed by atoms with Gasteiger partial charge in [0.2, 0.25) is 10.0 Å². The molecule has 3 aromatic rings. The van der Waals surface area contributed by atoms with Crippen molar-refractivity contribution in [3.8, 4) is 5.75 Å². The summed E-state index contributed by atoms with van der Waals surface area (Å²) in [7, 11) is -2.70. The van der Waals surface area contributed by atoms with Gasteiger partial charge in [-0.2, -0.15) is 0 Å². The lowest BCUT2D eigenvalue weighted by Gasteiger charge is -2.21. The summed E-state index contributed by atoms with van der Waals surface area (Å²) in [6.45, 7) is -0.252. The number of aryl methyl sites for hydroxylation is 1. The highest BCUT2D eigenvalue weighted by atomic mass is 32.2. The first kappa shape index (κ1) is 21.9. The molecule has 2 heterocycles. The number of aromatic nitrogens is 1. The Bertz CT molecular complexity index is 1280. The zero-order chi connectivity index (χ0) is 23.0. The lowest BCUT2D eigenvalue weighted by Crippen LogP contribution is -2.41. The average molecular weight is 463 g/mol. The smallest absolute Gasteiger partial charge is 0.276 e. The molecule has 2 atom stereocenters. The minimum absolute atomic E-state index is 0.0177. The maximum absolute atomic E-state index is 13.5. The van der Waals surface area contributed by atoms with Crippen LogP contribution in [0.1, 0.15) is 22.2 Å². The number of hydrogen-bond acceptors (Lipinski definition) is 5. The molecule has 11 heteroatoms. The van der Waals surface area contributed by atoms with E-state index in [1.54, 1.807) is 30.3 Å². The quantitative estimate of drug-likeness (QED) is 0.550. The number of rotatable bonds is 4. The predicted molar refractivity (Wildman–Crippen MR) is 111 cm³/mol. The van der Waals surface area contributed by atoms with Crippen LogP contribution in [0.2, 0.25) is 0 Å². The Morgan fingerprint density at radius 3 is 2.62 bits per heavy atom. The summed E-state index contributed by atoms with van der Waals surface area (Å²) < 4.78 is 61.8. The molecule has 3 N–H and O–H groups in total. The van der Waals surface area contributed by atoms with Gasteiger partial charge >= 0.3 is 0 Å². The van der Waals surface area contributed by atoms with E-state index in [1.165, 1.54) is 23.9 Å². The maximum Gasteiger partial charge on any atom is 0.276 e. The van der Waals surface area contributed by atoms with Crippen LogP contribution in [0.4, 0.5) is 14.5 Å². The van der Waals surface area contributed by atoms with Crippen molar-refractivity contribution in [2.75, 3.05) is 11.9 Å². The Balaban J connectivity index is 1.64. The maximum atomic E-state index is 13.5. The number of benzene rings is 2. The molecule has 0 fully saturated rings. The van der Waals surface area contributed by atoms with Gasteiger partial charge < -0.3 is 19.7 Å². The number of anilines is 1. The summed E-state index contributed by atoms with van der Waals surface area (Å²) in [6, 6.07) is 10.3. The molecule has 4 rings (SSSR count). The van der Waals surface area contributed by atoms with Gasteiger partial charge in [0, 0.05) is 25.0 Å². The van der Waals surface area contributed by atoms with Crippen molar-refractivity contribution >= 4 is 21.6 Å². The van der Waals surface area contributed by atoms with Crippen LogP contribution in [-0.4, -0.2) is 36.6 Å². The Morgan fingerprint density at radius 1 is 1.22 bits per heavy atom. The van der Waals surface area contributed by atoms with Gasteiger partial charge in [-0.25, -0.2) is 21.9 Å². The van der Waals surface area contributed by atoms with Crippen molar-refractivity contribution in [1.82, 2.24) is 9.29 Å². The summed E-state index contributed by atoms with van der Waals surface area (Å²) >= 11 is 0. The van der Waals surface area contributed by atoms with Gasteiger partial charge in [-0.05, 0) is 17.7 Å². The largest absolute Gasteiger partial charge is 0.488 e. The van der Waals surface area contributed by atoms with Crippen molar-refractivity contribution in [2.24, 2.45) is 7.05 Å². The summed E-state index contributed by atoms with van der Waals surface area (Å²) in [5.41, 5.74) is 0.341. The molecular weight excluding hydrogens is 444 g/mol. The van der Waals surface area contributed by atoms with Crippen LogP contribution in [-0.2, 0) is 17.1 Å². The highest BCUT2D eigenvalue weighted by molar-refractivity contribution is 7.89. The normalized spacial score (nSPS) is 18.2. The molecule has 0 saturated heterocycles. The van der Waals surface area contributed by atoms with E-state index in [-0.39, 0.29) is 28.6 Å². The summed E-state index contributed by atoms with van der Waals surface area (Å²) in [5, 5.41) is 13.0. The van der Waals surface area contributed by atoms with Crippen LogP contribution in [0.5, 0.6) is 5.75 Å².